The smallest absolute Gasteiger partial charge is 0.123 e. The van der Waals surface area contributed by atoms with Crippen LogP contribution in [0.4, 0.5) is 4.39 Å². The molecule has 0 aliphatic heterocycles. The van der Waals surface area contributed by atoms with E-state index >= 15 is 0 Å². The summed E-state index contributed by atoms with van der Waals surface area (Å²) in [5.41, 5.74) is 1.17. The van der Waals surface area contributed by atoms with Crippen molar-refractivity contribution in [1.82, 2.24) is 5.32 Å². The Hall–Kier alpha value is -0.890. The standard InChI is InChI=1S/C16H24FN/c1-13(15-7-9-16(17)10-8-15)18-12-11-14-5-3-2-4-6-14/h7-10,13-14,18H,2-6,11-12H2,1H3/t13-/m0/s1. The van der Waals surface area contributed by atoms with E-state index in [1.807, 2.05) is 12.1 Å². The van der Waals surface area contributed by atoms with Crippen molar-refractivity contribution in [2.45, 2.75) is 51.5 Å². The quantitative estimate of drug-likeness (QED) is 0.813. The van der Waals surface area contributed by atoms with Gasteiger partial charge in [0.25, 0.3) is 0 Å². The van der Waals surface area contributed by atoms with Gasteiger partial charge in [0.15, 0.2) is 0 Å². The molecule has 0 saturated heterocycles. The minimum absolute atomic E-state index is 0.159. The van der Waals surface area contributed by atoms with Gasteiger partial charge in [-0.2, -0.15) is 0 Å². The molecule has 1 saturated carbocycles. The van der Waals surface area contributed by atoms with Crippen molar-refractivity contribution in [3.8, 4) is 0 Å². The van der Waals surface area contributed by atoms with E-state index in [-0.39, 0.29) is 5.82 Å². The van der Waals surface area contributed by atoms with Gasteiger partial charge in [0, 0.05) is 6.04 Å². The van der Waals surface area contributed by atoms with Gasteiger partial charge in [0.1, 0.15) is 5.82 Å². The molecular weight excluding hydrogens is 225 g/mol. The summed E-state index contributed by atoms with van der Waals surface area (Å²) in [6, 6.07) is 7.12. The van der Waals surface area contributed by atoms with Crippen LogP contribution < -0.4 is 5.32 Å². The molecule has 1 aliphatic rings. The molecule has 1 atom stereocenters. The SMILES string of the molecule is C[C@H](NCCC1CCCCC1)c1ccc(F)cc1. The Morgan fingerprint density at radius 3 is 2.50 bits per heavy atom. The summed E-state index contributed by atoms with van der Waals surface area (Å²) in [6.45, 7) is 3.22. The lowest BCUT2D eigenvalue weighted by Crippen LogP contribution is -2.22. The zero-order valence-electron chi connectivity index (χ0n) is 11.3. The van der Waals surface area contributed by atoms with Crippen LogP contribution in [0.15, 0.2) is 24.3 Å². The van der Waals surface area contributed by atoms with Crippen LogP contribution in [0, 0.1) is 11.7 Å². The van der Waals surface area contributed by atoms with Gasteiger partial charge in [-0.05, 0) is 43.5 Å². The van der Waals surface area contributed by atoms with Gasteiger partial charge in [-0.1, -0.05) is 44.2 Å². The van der Waals surface area contributed by atoms with Crippen molar-refractivity contribution in [3.05, 3.63) is 35.6 Å². The first kappa shape index (κ1) is 13.5. The fourth-order valence-corrected chi connectivity index (χ4v) is 2.85. The van der Waals surface area contributed by atoms with Crippen molar-refractivity contribution in [3.63, 3.8) is 0 Å². The highest BCUT2D eigenvalue weighted by Crippen LogP contribution is 2.26. The molecule has 18 heavy (non-hydrogen) atoms. The molecule has 0 heterocycles. The molecule has 0 bridgehead atoms. The van der Waals surface area contributed by atoms with Gasteiger partial charge in [-0.3, -0.25) is 0 Å². The first-order valence-corrected chi connectivity index (χ1v) is 7.24. The molecule has 1 fully saturated rings. The minimum atomic E-state index is -0.159. The lowest BCUT2D eigenvalue weighted by molar-refractivity contribution is 0.329. The highest BCUT2D eigenvalue weighted by Gasteiger charge is 2.13. The zero-order valence-corrected chi connectivity index (χ0v) is 11.3. The average molecular weight is 249 g/mol. The molecule has 1 aromatic rings. The van der Waals surface area contributed by atoms with Crippen LogP contribution in [0.5, 0.6) is 0 Å². The summed E-state index contributed by atoms with van der Waals surface area (Å²) in [5.74, 6) is 0.764. The number of nitrogens with one attached hydrogen (secondary N) is 1. The number of halogens is 1. The van der Waals surface area contributed by atoms with Crippen molar-refractivity contribution in [2.24, 2.45) is 5.92 Å². The highest BCUT2D eigenvalue weighted by molar-refractivity contribution is 5.19. The van der Waals surface area contributed by atoms with Gasteiger partial charge < -0.3 is 5.32 Å². The molecule has 1 nitrogen and oxygen atoms in total. The van der Waals surface area contributed by atoms with Crippen molar-refractivity contribution >= 4 is 0 Å². The molecule has 1 aromatic carbocycles. The van der Waals surface area contributed by atoms with E-state index in [1.54, 1.807) is 0 Å². The zero-order chi connectivity index (χ0) is 12.8. The van der Waals surface area contributed by atoms with Crippen LogP contribution in [0.3, 0.4) is 0 Å². The van der Waals surface area contributed by atoms with E-state index in [0.29, 0.717) is 6.04 Å². The van der Waals surface area contributed by atoms with Crippen molar-refractivity contribution in [1.29, 1.82) is 0 Å². The number of hydrogen-bond acceptors (Lipinski definition) is 1. The molecule has 0 radical (unpaired) electrons. The summed E-state index contributed by atoms with van der Waals surface area (Å²) >= 11 is 0. The van der Waals surface area contributed by atoms with Gasteiger partial charge in [0.05, 0.1) is 0 Å². The van der Waals surface area contributed by atoms with Crippen LogP contribution in [-0.2, 0) is 0 Å². The Morgan fingerprint density at radius 2 is 1.83 bits per heavy atom. The molecular formula is C16H24FN. The Balaban J connectivity index is 1.70. The van der Waals surface area contributed by atoms with Gasteiger partial charge in [0.2, 0.25) is 0 Å². The number of rotatable bonds is 5. The van der Waals surface area contributed by atoms with E-state index in [1.165, 1.54) is 56.2 Å². The molecule has 0 spiro atoms. The highest BCUT2D eigenvalue weighted by atomic mass is 19.1. The minimum Gasteiger partial charge on any atom is -0.310 e. The molecule has 1 N–H and O–H groups in total. The first-order valence-electron chi connectivity index (χ1n) is 7.24. The Morgan fingerprint density at radius 1 is 1.17 bits per heavy atom. The van der Waals surface area contributed by atoms with E-state index < -0.39 is 0 Å². The monoisotopic (exact) mass is 249 g/mol. The average Bonchev–Trinajstić information content (AvgIpc) is 2.40. The van der Waals surface area contributed by atoms with Crippen molar-refractivity contribution < 1.29 is 4.39 Å². The summed E-state index contributed by atoms with van der Waals surface area (Å²) in [7, 11) is 0. The van der Waals surface area contributed by atoms with Gasteiger partial charge >= 0.3 is 0 Å². The van der Waals surface area contributed by atoms with Crippen LogP contribution in [-0.4, -0.2) is 6.54 Å². The van der Waals surface area contributed by atoms with Crippen LogP contribution in [0.2, 0.25) is 0 Å². The fraction of sp³-hybridized carbons (Fsp3) is 0.625. The third-order valence-electron chi connectivity index (χ3n) is 4.10. The lowest BCUT2D eigenvalue weighted by atomic mass is 9.87. The molecule has 2 heteroatoms. The molecule has 0 aromatic heterocycles. The first-order chi connectivity index (χ1) is 8.75. The predicted molar refractivity (Wildman–Crippen MR) is 74.0 cm³/mol. The van der Waals surface area contributed by atoms with E-state index in [0.717, 1.165) is 12.5 Å². The normalized spacial score (nSPS) is 18.8. The molecule has 0 unspecified atom stereocenters. The maximum atomic E-state index is 12.8. The maximum Gasteiger partial charge on any atom is 0.123 e. The molecule has 1 aliphatic carbocycles. The lowest BCUT2D eigenvalue weighted by Gasteiger charge is -2.22. The van der Waals surface area contributed by atoms with E-state index in [2.05, 4.69) is 12.2 Å². The Labute approximate surface area is 110 Å². The molecule has 100 valence electrons. The molecule has 0 amide bonds. The van der Waals surface area contributed by atoms with Crippen LogP contribution >= 0.6 is 0 Å². The Kier molecular flexibility index (Phi) is 5.18. The van der Waals surface area contributed by atoms with Gasteiger partial charge in [-0.25, -0.2) is 4.39 Å². The largest absolute Gasteiger partial charge is 0.310 e. The third kappa shape index (κ3) is 4.09. The third-order valence-corrected chi connectivity index (χ3v) is 4.10. The summed E-state index contributed by atoms with van der Waals surface area (Å²) in [5, 5.41) is 3.54. The van der Waals surface area contributed by atoms with Crippen molar-refractivity contribution in [2.75, 3.05) is 6.54 Å². The summed E-state index contributed by atoms with van der Waals surface area (Å²) in [6.07, 6.45) is 8.36. The summed E-state index contributed by atoms with van der Waals surface area (Å²) < 4.78 is 12.8. The van der Waals surface area contributed by atoms with E-state index in [4.69, 9.17) is 0 Å². The number of hydrogen-bond donors (Lipinski definition) is 1. The second kappa shape index (κ2) is 6.89. The number of benzene rings is 1. The summed E-state index contributed by atoms with van der Waals surface area (Å²) in [4.78, 5) is 0. The van der Waals surface area contributed by atoms with Crippen LogP contribution in [0.25, 0.3) is 0 Å². The maximum absolute atomic E-state index is 12.8. The van der Waals surface area contributed by atoms with Gasteiger partial charge in [-0.15, -0.1) is 0 Å². The molecule has 2 rings (SSSR count). The second-order valence-corrected chi connectivity index (χ2v) is 5.52. The second-order valence-electron chi connectivity index (χ2n) is 5.52. The van der Waals surface area contributed by atoms with Crippen LogP contribution in [0.1, 0.15) is 57.1 Å². The fourth-order valence-electron chi connectivity index (χ4n) is 2.85. The Bertz CT molecular complexity index is 341. The van der Waals surface area contributed by atoms with E-state index in [9.17, 15) is 4.39 Å². The topological polar surface area (TPSA) is 12.0 Å². The predicted octanol–water partition coefficient (Wildman–Crippen LogP) is 4.45.